The Morgan fingerprint density at radius 1 is 1.14 bits per heavy atom. The molecular formula is C25H28N6O5S. The normalized spacial score (nSPS) is 15.4. The molecule has 0 saturated carbocycles. The van der Waals surface area contributed by atoms with Gasteiger partial charge in [0.25, 0.3) is 10.0 Å². The number of hydrogen-bond donors (Lipinski definition) is 0. The summed E-state index contributed by atoms with van der Waals surface area (Å²) in [5, 5.41) is 3.67. The molecule has 1 saturated heterocycles. The Bertz CT molecular complexity index is 1580. The van der Waals surface area contributed by atoms with Gasteiger partial charge in [0.1, 0.15) is 23.5 Å². The molecule has 0 aliphatic carbocycles. The molecule has 0 atom stereocenters. The minimum atomic E-state index is -3.87. The predicted octanol–water partition coefficient (Wildman–Crippen LogP) is 4.46. The Hall–Kier alpha value is -3.80. The Labute approximate surface area is 214 Å². The van der Waals surface area contributed by atoms with Crippen molar-refractivity contribution in [3.63, 3.8) is 0 Å². The monoisotopic (exact) mass is 524 g/mol. The molecule has 5 rings (SSSR count). The molecule has 0 unspecified atom stereocenters. The Morgan fingerprint density at radius 3 is 2.49 bits per heavy atom. The van der Waals surface area contributed by atoms with E-state index in [1.807, 2.05) is 25.3 Å². The second-order valence-electron chi connectivity index (χ2n) is 10.0. The van der Waals surface area contributed by atoms with Crippen molar-refractivity contribution < 1.29 is 17.9 Å². The lowest BCUT2D eigenvalue weighted by atomic mass is 10.0. The number of likely N-dealkylation sites (tertiary alicyclic amines) is 1. The van der Waals surface area contributed by atoms with Crippen molar-refractivity contribution in [1.82, 2.24) is 23.4 Å². The second kappa shape index (κ2) is 9.25. The Kier molecular flexibility index (Phi) is 6.22. The molecule has 4 aromatic rings. The van der Waals surface area contributed by atoms with E-state index in [1.165, 1.54) is 24.5 Å². The number of piperidine rings is 1. The van der Waals surface area contributed by atoms with Crippen molar-refractivity contribution in [3.8, 4) is 0 Å². The molecule has 1 aromatic carbocycles. The highest BCUT2D eigenvalue weighted by Gasteiger charge is 2.31. The molecule has 194 valence electrons. The summed E-state index contributed by atoms with van der Waals surface area (Å²) in [6.07, 6.45) is 3.88. The van der Waals surface area contributed by atoms with Gasteiger partial charge in [-0.15, -0.1) is 0 Å². The minimum absolute atomic E-state index is 0.0693. The summed E-state index contributed by atoms with van der Waals surface area (Å²) < 4.78 is 35.3. The average molecular weight is 525 g/mol. The van der Waals surface area contributed by atoms with Crippen LogP contribution < -0.4 is 0 Å². The fraction of sp³-hybridized carbons (Fsp3) is 0.400. The standard InChI is InChI=1S/C25H28N6O5S/c1-25(2,3)36-24(32)29-12-9-17(10-13-29)31-21(16-27-33)28-20-15-26-23-19(22(20)31)11-14-30(23)37(34,35)18-7-5-4-6-8-18/h4-8,11,14-15,17H,9-10,12-13,16H2,1-3H3. The number of nitroso groups, excluding NO2 is 1. The molecule has 4 heterocycles. The zero-order valence-corrected chi connectivity index (χ0v) is 21.7. The zero-order valence-electron chi connectivity index (χ0n) is 20.9. The molecule has 11 nitrogen and oxygen atoms in total. The highest BCUT2D eigenvalue weighted by molar-refractivity contribution is 7.90. The number of carbonyl (C=O) groups excluding carboxylic acids is 1. The third-order valence-electron chi connectivity index (χ3n) is 6.39. The summed E-state index contributed by atoms with van der Waals surface area (Å²) in [6.45, 7) is 6.31. The number of ether oxygens (including phenoxy) is 1. The van der Waals surface area contributed by atoms with E-state index in [0.29, 0.717) is 48.2 Å². The molecule has 0 bridgehead atoms. The van der Waals surface area contributed by atoms with Crippen LogP contribution in [-0.2, 0) is 21.3 Å². The van der Waals surface area contributed by atoms with Gasteiger partial charge in [0, 0.05) is 30.7 Å². The molecule has 3 aromatic heterocycles. The summed E-state index contributed by atoms with van der Waals surface area (Å²) >= 11 is 0. The highest BCUT2D eigenvalue weighted by atomic mass is 32.2. The molecule has 0 spiro atoms. The van der Waals surface area contributed by atoms with Gasteiger partial charge >= 0.3 is 6.09 Å². The maximum atomic E-state index is 13.3. The quantitative estimate of drug-likeness (QED) is 0.352. The third-order valence-corrected chi connectivity index (χ3v) is 8.07. The van der Waals surface area contributed by atoms with Crippen molar-refractivity contribution in [2.24, 2.45) is 5.18 Å². The molecule has 0 N–H and O–H groups in total. The minimum Gasteiger partial charge on any atom is -0.444 e. The molecule has 0 radical (unpaired) electrons. The molecule has 1 aliphatic heterocycles. The van der Waals surface area contributed by atoms with E-state index in [-0.39, 0.29) is 29.2 Å². The lowest BCUT2D eigenvalue weighted by Gasteiger charge is -2.34. The number of imidazole rings is 1. The van der Waals surface area contributed by atoms with Crippen molar-refractivity contribution in [1.29, 1.82) is 0 Å². The summed E-state index contributed by atoms with van der Waals surface area (Å²) in [7, 11) is -3.87. The lowest BCUT2D eigenvalue weighted by Crippen LogP contribution is -2.42. The first-order valence-electron chi connectivity index (χ1n) is 12.0. The number of hydrogen-bond acceptors (Lipinski definition) is 8. The van der Waals surface area contributed by atoms with Gasteiger partial charge in [0.2, 0.25) is 0 Å². The molecule has 37 heavy (non-hydrogen) atoms. The topological polar surface area (TPSA) is 129 Å². The van der Waals surface area contributed by atoms with Gasteiger partial charge in [-0.1, -0.05) is 23.4 Å². The van der Waals surface area contributed by atoms with Crippen LogP contribution in [0.3, 0.4) is 0 Å². The number of nitrogens with zero attached hydrogens (tertiary/aromatic N) is 6. The SMILES string of the molecule is CC(C)(C)OC(=O)N1CCC(n2c(CN=O)nc3cnc4c(ccn4S(=O)(=O)c4ccccc4)c32)CC1. The second-order valence-corrected chi connectivity index (χ2v) is 11.9. The van der Waals surface area contributed by atoms with E-state index in [1.54, 1.807) is 29.2 Å². The van der Waals surface area contributed by atoms with Crippen LogP contribution in [-0.4, -0.2) is 56.6 Å². The largest absolute Gasteiger partial charge is 0.444 e. The van der Waals surface area contributed by atoms with Crippen LogP contribution in [0.25, 0.3) is 22.1 Å². The van der Waals surface area contributed by atoms with Crippen LogP contribution in [0.4, 0.5) is 4.79 Å². The Morgan fingerprint density at radius 2 is 1.84 bits per heavy atom. The first-order valence-corrected chi connectivity index (χ1v) is 13.5. The van der Waals surface area contributed by atoms with Gasteiger partial charge in [-0.3, -0.25) is 0 Å². The lowest BCUT2D eigenvalue weighted by molar-refractivity contribution is 0.0189. The Balaban J connectivity index is 1.55. The maximum absolute atomic E-state index is 13.3. The van der Waals surface area contributed by atoms with Crippen molar-refractivity contribution in [2.45, 2.75) is 56.7 Å². The van der Waals surface area contributed by atoms with Gasteiger partial charge in [0.05, 0.1) is 16.6 Å². The van der Waals surface area contributed by atoms with Crippen molar-refractivity contribution >= 4 is 38.2 Å². The summed E-state index contributed by atoms with van der Waals surface area (Å²) in [6, 6.07) is 9.80. The van der Waals surface area contributed by atoms with Crippen LogP contribution in [0, 0.1) is 4.91 Å². The number of amides is 1. The third kappa shape index (κ3) is 4.57. The number of carbonyl (C=O) groups is 1. The molecule has 1 fully saturated rings. The smallest absolute Gasteiger partial charge is 0.410 e. The van der Waals surface area contributed by atoms with E-state index in [0.717, 1.165) is 3.97 Å². The number of rotatable bonds is 5. The summed E-state index contributed by atoms with van der Waals surface area (Å²) in [4.78, 5) is 34.6. The van der Waals surface area contributed by atoms with Crippen molar-refractivity contribution in [3.05, 3.63) is 59.5 Å². The number of benzene rings is 1. The molecule has 12 heteroatoms. The number of pyridine rings is 1. The van der Waals surface area contributed by atoms with Gasteiger partial charge in [-0.2, -0.15) is 4.91 Å². The van der Waals surface area contributed by atoms with Crippen molar-refractivity contribution in [2.75, 3.05) is 13.1 Å². The van der Waals surface area contributed by atoms with Gasteiger partial charge < -0.3 is 14.2 Å². The first-order chi connectivity index (χ1) is 17.6. The maximum Gasteiger partial charge on any atom is 0.410 e. The van der Waals surface area contributed by atoms with Crippen LogP contribution in [0.15, 0.2) is 58.9 Å². The molecular weight excluding hydrogens is 496 g/mol. The van der Waals surface area contributed by atoms with Gasteiger partial charge in [-0.25, -0.2) is 27.2 Å². The summed E-state index contributed by atoms with van der Waals surface area (Å²) in [5.74, 6) is 0.480. The molecule has 1 aliphatic rings. The van der Waals surface area contributed by atoms with Crippen LogP contribution >= 0.6 is 0 Å². The number of aromatic nitrogens is 4. The van der Waals surface area contributed by atoms with E-state index in [2.05, 4.69) is 15.1 Å². The predicted molar refractivity (Wildman–Crippen MR) is 138 cm³/mol. The van der Waals surface area contributed by atoms with E-state index in [9.17, 15) is 18.1 Å². The number of fused-ring (bicyclic) bond motifs is 3. The van der Waals surface area contributed by atoms with Gasteiger partial charge in [0.15, 0.2) is 5.65 Å². The fourth-order valence-corrected chi connectivity index (χ4v) is 6.11. The van der Waals surface area contributed by atoms with E-state index < -0.39 is 15.6 Å². The summed E-state index contributed by atoms with van der Waals surface area (Å²) in [5.41, 5.74) is 0.939. The zero-order chi connectivity index (χ0) is 26.4. The fourth-order valence-electron chi connectivity index (χ4n) is 4.79. The average Bonchev–Trinajstić information content (AvgIpc) is 3.45. The van der Waals surface area contributed by atoms with Crippen LogP contribution in [0.2, 0.25) is 0 Å². The molecule has 1 amide bonds. The van der Waals surface area contributed by atoms with Gasteiger partial charge in [-0.05, 0) is 51.8 Å². The van der Waals surface area contributed by atoms with E-state index in [4.69, 9.17) is 4.74 Å². The van der Waals surface area contributed by atoms with Crippen LogP contribution in [0.1, 0.15) is 45.5 Å². The first kappa shape index (κ1) is 24.9. The van der Waals surface area contributed by atoms with E-state index >= 15 is 0 Å². The highest BCUT2D eigenvalue weighted by Crippen LogP contribution is 2.34. The van der Waals surface area contributed by atoms with Crippen LogP contribution in [0.5, 0.6) is 0 Å².